The van der Waals surface area contributed by atoms with Crippen molar-refractivity contribution in [3.8, 4) is 0 Å². The predicted molar refractivity (Wildman–Crippen MR) is 55.0 cm³/mol. The van der Waals surface area contributed by atoms with Gasteiger partial charge in [-0.1, -0.05) is 19.8 Å². The topological polar surface area (TPSA) is 12.0 Å². The molecule has 0 aromatic heterocycles. The molecule has 0 unspecified atom stereocenters. The Balaban J connectivity index is 3.19. The molecular formula is C10H25N2+. The fraction of sp³-hybridized carbons (Fsp3) is 1.00. The summed E-state index contributed by atoms with van der Waals surface area (Å²) in [6.45, 7) is 7.94. The Labute approximate surface area is 77.5 Å². The van der Waals surface area contributed by atoms with Gasteiger partial charge in [0, 0.05) is 6.54 Å². The zero-order chi connectivity index (χ0) is 9.45. The molecule has 74 valence electrons. The van der Waals surface area contributed by atoms with E-state index in [0.29, 0.717) is 0 Å². The van der Waals surface area contributed by atoms with Crippen molar-refractivity contribution in [2.24, 2.45) is 0 Å². The molecule has 0 fully saturated rings. The van der Waals surface area contributed by atoms with Gasteiger partial charge in [0.05, 0.1) is 20.6 Å². The van der Waals surface area contributed by atoms with Crippen molar-refractivity contribution >= 4 is 0 Å². The second-order valence-electron chi connectivity index (χ2n) is 4.12. The van der Waals surface area contributed by atoms with Crippen molar-refractivity contribution in [3.05, 3.63) is 0 Å². The largest absolute Gasteiger partial charge is 0.316 e. The van der Waals surface area contributed by atoms with E-state index in [1.807, 2.05) is 0 Å². The zero-order valence-corrected chi connectivity index (χ0v) is 9.19. The standard InChI is InChI=1S/C10H25N2/c1-5-7-8-9-11-10-12(3,4)6-2/h11H,5-10H2,1-4H3/q+1. The van der Waals surface area contributed by atoms with Crippen LogP contribution >= 0.6 is 0 Å². The summed E-state index contributed by atoms with van der Waals surface area (Å²) in [4.78, 5) is 0. The van der Waals surface area contributed by atoms with Crippen LogP contribution in [0.2, 0.25) is 0 Å². The summed E-state index contributed by atoms with van der Waals surface area (Å²) in [7, 11) is 4.51. The maximum absolute atomic E-state index is 3.48. The van der Waals surface area contributed by atoms with Gasteiger partial charge in [0.2, 0.25) is 0 Å². The summed E-state index contributed by atoms with van der Waals surface area (Å²) in [5, 5.41) is 3.48. The van der Waals surface area contributed by atoms with E-state index in [0.717, 1.165) is 11.2 Å². The lowest BCUT2D eigenvalue weighted by molar-refractivity contribution is -0.891. The van der Waals surface area contributed by atoms with Crippen LogP contribution < -0.4 is 5.32 Å². The highest BCUT2D eigenvalue weighted by Gasteiger charge is 2.09. The van der Waals surface area contributed by atoms with Crippen molar-refractivity contribution in [1.82, 2.24) is 5.32 Å². The summed E-state index contributed by atoms with van der Waals surface area (Å²) >= 11 is 0. The van der Waals surface area contributed by atoms with Crippen LogP contribution in [-0.4, -0.2) is 38.3 Å². The molecule has 0 aliphatic carbocycles. The van der Waals surface area contributed by atoms with Gasteiger partial charge in [0.1, 0.15) is 6.67 Å². The third-order valence-corrected chi connectivity index (χ3v) is 2.35. The van der Waals surface area contributed by atoms with Gasteiger partial charge in [0.15, 0.2) is 0 Å². The highest BCUT2D eigenvalue weighted by molar-refractivity contribution is 4.42. The molecule has 0 bridgehead atoms. The predicted octanol–water partition coefficient (Wildman–Crippen LogP) is 1.82. The van der Waals surface area contributed by atoms with E-state index in [-0.39, 0.29) is 0 Å². The van der Waals surface area contributed by atoms with Gasteiger partial charge in [-0.15, -0.1) is 0 Å². The number of unbranched alkanes of at least 4 members (excludes halogenated alkanes) is 2. The van der Waals surface area contributed by atoms with Crippen LogP contribution in [0.15, 0.2) is 0 Å². The second-order valence-corrected chi connectivity index (χ2v) is 4.12. The smallest absolute Gasteiger partial charge is 0.132 e. The number of hydrogen-bond acceptors (Lipinski definition) is 1. The van der Waals surface area contributed by atoms with Crippen molar-refractivity contribution in [2.75, 3.05) is 33.9 Å². The Bertz CT molecular complexity index is 100. The summed E-state index contributed by atoms with van der Waals surface area (Å²) in [6.07, 6.45) is 3.99. The molecule has 0 saturated heterocycles. The highest BCUT2D eigenvalue weighted by atomic mass is 15.4. The minimum Gasteiger partial charge on any atom is -0.316 e. The van der Waals surface area contributed by atoms with Crippen LogP contribution in [0.3, 0.4) is 0 Å². The highest BCUT2D eigenvalue weighted by Crippen LogP contribution is 1.94. The van der Waals surface area contributed by atoms with Gasteiger partial charge in [-0.2, -0.15) is 0 Å². The van der Waals surface area contributed by atoms with E-state index in [2.05, 4.69) is 33.3 Å². The van der Waals surface area contributed by atoms with Gasteiger partial charge in [0.25, 0.3) is 0 Å². The summed E-state index contributed by atoms with van der Waals surface area (Å²) in [5.74, 6) is 0. The molecular weight excluding hydrogens is 148 g/mol. The molecule has 0 aromatic rings. The van der Waals surface area contributed by atoms with Gasteiger partial charge in [-0.05, 0) is 13.3 Å². The minimum atomic E-state index is 1.08. The van der Waals surface area contributed by atoms with E-state index in [1.54, 1.807) is 0 Å². The molecule has 1 N–H and O–H groups in total. The molecule has 0 aromatic carbocycles. The molecule has 0 rings (SSSR count). The molecule has 2 heteroatoms. The number of nitrogens with one attached hydrogen (secondary N) is 1. The van der Waals surface area contributed by atoms with Crippen LogP contribution in [0.1, 0.15) is 33.1 Å². The van der Waals surface area contributed by atoms with Gasteiger partial charge in [-0.3, -0.25) is 5.32 Å². The van der Waals surface area contributed by atoms with E-state index >= 15 is 0 Å². The molecule has 12 heavy (non-hydrogen) atoms. The van der Waals surface area contributed by atoms with Crippen molar-refractivity contribution in [2.45, 2.75) is 33.1 Å². The monoisotopic (exact) mass is 173 g/mol. The Kier molecular flexibility index (Phi) is 6.39. The molecule has 0 heterocycles. The first-order chi connectivity index (χ1) is 5.62. The van der Waals surface area contributed by atoms with E-state index in [9.17, 15) is 0 Å². The van der Waals surface area contributed by atoms with Crippen LogP contribution in [0.5, 0.6) is 0 Å². The van der Waals surface area contributed by atoms with Crippen LogP contribution in [0, 0.1) is 0 Å². The molecule has 0 aliphatic heterocycles. The summed E-state index contributed by atoms with van der Waals surface area (Å²) in [6, 6.07) is 0. The average molecular weight is 173 g/mol. The fourth-order valence-corrected chi connectivity index (χ4v) is 0.994. The van der Waals surface area contributed by atoms with Crippen LogP contribution in [-0.2, 0) is 0 Å². The number of hydrogen-bond donors (Lipinski definition) is 1. The SMILES string of the molecule is CCCCCNC[N+](C)(C)CC. The lowest BCUT2D eigenvalue weighted by Gasteiger charge is -2.28. The maximum Gasteiger partial charge on any atom is 0.132 e. The van der Waals surface area contributed by atoms with Crippen molar-refractivity contribution in [1.29, 1.82) is 0 Å². The first kappa shape index (κ1) is 11.9. The lowest BCUT2D eigenvalue weighted by atomic mass is 10.2. The third-order valence-electron chi connectivity index (χ3n) is 2.35. The molecule has 0 aliphatic rings. The first-order valence-corrected chi connectivity index (χ1v) is 5.15. The van der Waals surface area contributed by atoms with Gasteiger partial charge < -0.3 is 4.48 Å². The molecule has 0 radical (unpaired) electrons. The minimum absolute atomic E-state index is 1.08. The number of rotatable bonds is 7. The van der Waals surface area contributed by atoms with Crippen molar-refractivity contribution in [3.63, 3.8) is 0 Å². The first-order valence-electron chi connectivity index (χ1n) is 5.15. The maximum atomic E-state index is 3.48. The Hall–Kier alpha value is -0.0800. The van der Waals surface area contributed by atoms with Gasteiger partial charge in [-0.25, -0.2) is 0 Å². The Morgan fingerprint density at radius 2 is 1.75 bits per heavy atom. The summed E-state index contributed by atoms with van der Waals surface area (Å²) in [5.41, 5.74) is 0. The molecule has 0 spiro atoms. The van der Waals surface area contributed by atoms with Crippen molar-refractivity contribution < 1.29 is 4.48 Å². The molecule has 0 amide bonds. The molecule has 0 saturated carbocycles. The third kappa shape index (κ3) is 6.62. The normalized spacial score (nSPS) is 12.0. The fourth-order valence-electron chi connectivity index (χ4n) is 0.994. The Morgan fingerprint density at radius 1 is 1.08 bits per heavy atom. The molecule has 2 nitrogen and oxygen atoms in total. The quantitative estimate of drug-likeness (QED) is 0.352. The van der Waals surface area contributed by atoms with E-state index < -0.39 is 0 Å². The average Bonchev–Trinajstić information content (AvgIpc) is 2.04. The van der Waals surface area contributed by atoms with Crippen LogP contribution in [0.4, 0.5) is 0 Å². The molecule has 0 atom stereocenters. The second kappa shape index (κ2) is 6.44. The van der Waals surface area contributed by atoms with E-state index in [4.69, 9.17) is 0 Å². The zero-order valence-electron chi connectivity index (χ0n) is 9.19. The van der Waals surface area contributed by atoms with Gasteiger partial charge >= 0.3 is 0 Å². The van der Waals surface area contributed by atoms with E-state index in [1.165, 1.54) is 32.4 Å². The Morgan fingerprint density at radius 3 is 2.25 bits per heavy atom. The number of nitrogens with zero attached hydrogens (tertiary/aromatic N) is 1. The number of quaternary nitrogens is 1. The lowest BCUT2D eigenvalue weighted by Crippen LogP contribution is -2.46. The summed E-state index contributed by atoms with van der Waals surface area (Å²) < 4.78 is 1.08. The van der Waals surface area contributed by atoms with Crippen LogP contribution in [0.25, 0.3) is 0 Å².